The fraction of sp³-hybridized carbons (Fsp3) is 0.500. The van der Waals surface area contributed by atoms with Gasteiger partial charge >= 0.3 is 6.18 Å². The second kappa shape index (κ2) is 10.1. The first-order valence-electron chi connectivity index (χ1n) is 11.0. The maximum Gasteiger partial charge on any atom is 0.433 e. The number of alkyl halides is 3. The number of nitrogens with zero attached hydrogens (tertiary/aromatic N) is 5. The van der Waals surface area contributed by atoms with Gasteiger partial charge in [-0.15, -0.1) is 0 Å². The summed E-state index contributed by atoms with van der Waals surface area (Å²) in [5.74, 6) is 0.111. The van der Waals surface area contributed by atoms with Crippen molar-refractivity contribution in [1.29, 1.82) is 0 Å². The summed E-state index contributed by atoms with van der Waals surface area (Å²) in [5.41, 5.74) is 0.0576. The fourth-order valence-corrected chi connectivity index (χ4v) is 4.39. The maximum atomic E-state index is 12.9. The summed E-state index contributed by atoms with van der Waals surface area (Å²) in [5, 5.41) is 3.70. The number of amides is 1. The van der Waals surface area contributed by atoms with Crippen molar-refractivity contribution < 1.29 is 18.0 Å². The molecule has 0 spiro atoms. The van der Waals surface area contributed by atoms with Crippen molar-refractivity contribution in [2.45, 2.75) is 25.1 Å². The number of halogens is 4. The summed E-state index contributed by atoms with van der Waals surface area (Å²) < 4.78 is 38.7. The van der Waals surface area contributed by atoms with Crippen LogP contribution in [0.2, 0.25) is 5.02 Å². The maximum absolute atomic E-state index is 12.9. The summed E-state index contributed by atoms with van der Waals surface area (Å²) >= 11 is 5.97. The van der Waals surface area contributed by atoms with Crippen LogP contribution in [0.1, 0.15) is 18.5 Å². The molecule has 2 aliphatic heterocycles. The van der Waals surface area contributed by atoms with E-state index in [9.17, 15) is 18.0 Å². The molecule has 1 N–H and O–H groups in total. The van der Waals surface area contributed by atoms with E-state index in [1.165, 1.54) is 0 Å². The van der Waals surface area contributed by atoms with Crippen LogP contribution in [-0.4, -0.2) is 72.6 Å². The minimum Gasteiger partial charge on any atom is -0.360 e. The Morgan fingerprint density at radius 2 is 1.82 bits per heavy atom. The molecule has 178 valence electrons. The van der Waals surface area contributed by atoms with E-state index in [0.717, 1.165) is 37.3 Å². The average molecular weight is 483 g/mol. The molecular formula is C22H26ClF3N6O. The van der Waals surface area contributed by atoms with Gasteiger partial charge in [0.25, 0.3) is 0 Å². The highest BCUT2D eigenvalue weighted by atomic mass is 35.5. The van der Waals surface area contributed by atoms with Gasteiger partial charge in [0, 0.05) is 62.7 Å². The molecule has 0 bridgehead atoms. The van der Waals surface area contributed by atoms with Crippen LogP contribution in [0.4, 0.5) is 24.8 Å². The topological polar surface area (TPSA) is 64.6 Å². The molecule has 0 saturated carbocycles. The summed E-state index contributed by atoms with van der Waals surface area (Å²) in [6.45, 7) is 4.41. The van der Waals surface area contributed by atoms with E-state index in [1.54, 1.807) is 4.90 Å². The highest BCUT2D eigenvalue weighted by Crippen LogP contribution is 2.28. The summed E-state index contributed by atoms with van der Waals surface area (Å²) in [7, 11) is 0. The van der Waals surface area contributed by atoms with E-state index in [4.69, 9.17) is 11.6 Å². The first kappa shape index (κ1) is 23.6. The zero-order valence-electron chi connectivity index (χ0n) is 18.1. The molecule has 11 heteroatoms. The molecule has 2 aromatic rings. The van der Waals surface area contributed by atoms with Crippen LogP contribution in [0.25, 0.3) is 0 Å². The number of aromatic nitrogens is 2. The minimum absolute atomic E-state index is 0.0125. The average Bonchev–Trinajstić information content (AvgIpc) is 3.30. The zero-order chi connectivity index (χ0) is 23.4. The third-order valence-corrected chi connectivity index (χ3v) is 6.28. The van der Waals surface area contributed by atoms with Crippen molar-refractivity contribution in [3.8, 4) is 0 Å². The quantitative estimate of drug-likeness (QED) is 0.683. The minimum atomic E-state index is -4.49. The van der Waals surface area contributed by atoms with Crippen molar-refractivity contribution >= 4 is 29.1 Å². The van der Waals surface area contributed by atoms with Gasteiger partial charge in [0.15, 0.2) is 0 Å². The number of carbonyl (C=O) groups excluding carboxylic acids is 1. The Morgan fingerprint density at radius 1 is 1.09 bits per heavy atom. The zero-order valence-corrected chi connectivity index (χ0v) is 18.8. The summed E-state index contributed by atoms with van der Waals surface area (Å²) in [6.07, 6.45) is -1.58. The Labute approximate surface area is 195 Å². The van der Waals surface area contributed by atoms with Gasteiger partial charge in [0.1, 0.15) is 11.7 Å². The Kier molecular flexibility index (Phi) is 7.23. The van der Waals surface area contributed by atoms with Crippen LogP contribution in [0.5, 0.6) is 0 Å². The smallest absolute Gasteiger partial charge is 0.360 e. The van der Waals surface area contributed by atoms with E-state index in [0.29, 0.717) is 44.3 Å². The first-order valence-corrected chi connectivity index (χ1v) is 11.4. The van der Waals surface area contributed by atoms with E-state index in [1.807, 2.05) is 24.3 Å². The first-order chi connectivity index (χ1) is 15.8. The van der Waals surface area contributed by atoms with Gasteiger partial charge in [0.2, 0.25) is 11.9 Å². The lowest BCUT2D eigenvalue weighted by Gasteiger charge is -2.35. The van der Waals surface area contributed by atoms with Crippen LogP contribution in [0, 0.1) is 0 Å². The number of hydrogen-bond donors (Lipinski definition) is 1. The van der Waals surface area contributed by atoms with Crippen LogP contribution in [-0.2, 0) is 11.0 Å². The largest absolute Gasteiger partial charge is 0.433 e. The lowest BCUT2D eigenvalue weighted by molar-refractivity contribution is -0.141. The van der Waals surface area contributed by atoms with Crippen molar-refractivity contribution in [2.75, 3.05) is 55.6 Å². The molecule has 1 atom stereocenters. The molecule has 3 heterocycles. The SMILES string of the molecule is O=C(NCCN1CCN(c2nccc(C(F)(F)F)n2)CC1)C1CCCN1c1ccc(Cl)cc1. The van der Waals surface area contributed by atoms with Crippen LogP contribution in [0.15, 0.2) is 36.5 Å². The predicted octanol–water partition coefficient (Wildman–Crippen LogP) is 3.06. The normalized spacial score (nSPS) is 19.7. The van der Waals surface area contributed by atoms with Gasteiger partial charge < -0.3 is 15.1 Å². The van der Waals surface area contributed by atoms with E-state index >= 15 is 0 Å². The van der Waals surface area contributed by atoms with E-state index in [2.05, 4.69) is 25.1 Å². The lowest BCUT2D eigenvalue weighted by atomic mass is 10.2. The Balaban J connectivity index is 1.23. The van der Waals surface area contributed by atoms with Gasteiger partial charge in [-0.05, 0) is 43.2 Å². The van der Waals surface area contributed by atoms with Gasteiger partial charge in [-0.2, -0.15) is 13.2 Å². The van der Waals surface area contributed by atoms with E-state index < -0.39 is 11.9 Å². The van der Waals surface area contributed by atoms with Gasteiger partial charge in [-0.25, -0.2) is 9.97 Å². The molecular weight excluding hydrogens is 457 g/mol. The molecule has 1 aromatic heterocycles. The molecule has 7 nitrogen and oxygen atoms in total. The Hall–Kier alpha value is -2.59. The molecule has 2 aliphatic rings. The van der Waals surface area contributed by atoms with Crippen LogP contribution >= 0.6 is 11.6 Å². The standard InChI is InChI=1S/C22H26ClF3N6O/c23-16-3-5-17(6-4-16)32-10-1-2-18(32)20(33)27-9-11-30-12-14-31(15-13-30)21-28-8-7-19(29-21)22(24,25)26/h3-8,18H,1-2,9-15H2,(H,27,33). The number of benzene rings is 1. The molecule has 2 fully saturated rings. The van der Waals surface area contributed by atoms with Crippen molar-refractivity contribution in [1.82, 2.24) is 20.2 Å². The Bertz CT molecular complexity index is 950. The van der Waals surface area contributed by atoms with Crippen molar-refractivity contribution in [3.63, 3.8) is 0 Å². The predicted molar refractivity (Wildman–Crippen MR) is 121 cm³/mol. The Morgan fingerprint density at radius 3 is 2.52 bits per heavy atom. The third kappa shape index (κ3) is 5.86. The van der Waals surface area contributed by atoms with Crippen molar-refractivity contribution in [2.24, 2.45) is 0 Å². The molecule has 4 rings (SSSR count). The number of anilines is 2. The van der Waals surface area contributed by atoms with Crippen LogP contribution < -0.4 is 15.1 Å². The van der Waals surface area contributed by atoms with Gasteiger partial charge in [-0.3, -0.25) is 9.69 Å². The summed E-state index contributed by atoms with van der Waals surface area (Å²) in [4.78, 5) is 26.5. The molecule has 1 aromatic carbocycles. The molecule has 0 aliphatic carbocycles. The fourth-order valence-electron chi connectivity index (χ4n) is 4.27. The van der Waals surface area contributed by atoms with Crippen LogP contribution in [0.3, 0.4) is 0 Å². The highest BCUT2D eigenvalue weighted by Gasteiger charge is 2.34. The monoisotopic (exact) mass is 482 g/mol. The number of hydrogen-bond acceptors (Lipinski definition) is 6. The molecule has 33 heavy (non-hydrogen) atoms. The number of rotatable bonds is 6. The molecule has 1 unspecified atom stereocenters. The number of nitrogens with one attached hydrogen (secondary N) is 1. The second-order valence-electron chi connectivity index (χ2n) is 8.19. The summed E-state index contributed by atoms with van der Waals surface area (Å²) in [6, 6.07) is 8.20. The molecule has 1 amide bonds. The third-order valence-electron chi connectivity index (χ3n) is 6.03. The highest BCUT2D eigenvalue weighted by molar-refractivity contribution is 6.30. The lowest BCUT2D eigenvalue weighted by Crippen LogP contribution is -2.50. The van der Waals surface area contributed by atoms with Gasteiger partial charge in [-0.1, -0.05) is 11.6 Å². The van der Waals surface area contributed by atoms with Crippen molar-refractivity contribution in [3.05, 3.63) is 47.2 Å². The second-order valence-corrected chi connectivity index (χ2v) is 8.62. The van der Waals surface area contributed by atoms with E-state index in [-0.39, 0.29) is 17.9 Å². The number of carbonyl (C=O) groups is 1. The number of piperazine rings is 1. The molecule has 2 saturated heterocycles. The van der Waals surface area contributed by atoms with Gasteiger partial charge in [0.05, 0.1) is 0 Å². The molecule has 0 radical (unpaired) electrons.